The lowest BCUT2D eigenvalue weighted by Crippen LogP contribution is -2.51. The summed E-state index contributed by atoms with van der Waals surface area (Å²) in [6.07, 6.45) is 9.25. The summed E-state index contributed by atoms with van der Waals surface area (Å²) in [7, 11) is -2.12. The van der Waals surface area contributed by atoms with Gasteiger partial charge in [-0.2, -0.15) is 0 Å². The van der Waals surface area contributed by atoms with Gasteiger partial charge < -0.3 is 39.5 Å². The van der Waals surface area contributed by atoms with Crippen LogP contribution in [0.5, 0.6) is 0 Å². The molecule has 0 radical (unpaired) electrons. The van der Waals surface area contributed by atoms with Crippen molar-refractivity contribution in [1.29, 1.82) is 0 Å². The van der Waals surface area contributed by atoms with E-state index in [-0.39, 0.29) is 48.5 Å². The molecule has 11 nitrogen and oxygen atoms in total. The lowest BCUT2D eigenvalue weighted by molar-refractivity contribution is -0.145. The number of ether oxygens (including phenoxy) is 4. The highest BCUT2D eigenvalue weighted by Gasteiger charge is 2.58. The number of hydrogen-bond acceptors (Lipinski definition) is 9. The van der Waals surface area contributed by atoms with Gasteiger partial charge in [0.2, 0.25) is 11.8 Å². The molecule has 1 spiro atoms. The number of aliphatic hydroxyl groups excluding tert-OH is 1. The Balaban J connectivity index is 1.47. The standard InChI is InChI=1S/C33H54N2O9Si/c1-21(9-12-28-22(2)17-27(24(4)43-28)35-30(37)14-11-23(3)42-25(5)36)10-13-29-32(39)33(20-41-33)19-26(44-29)18-31(38)34-15-8-16-45(6,7)40/h9-11,13-14,22-24,26-29,32,39-40H,8,12,15-20H2,1-7H3,(H,34,38)(H,35,37)/b13-10+,14-11-,21-9+/t22-,23-,24+,26+,27+,28-,29+,32+,33+/m0/s1. The third kappa shape index (κ3) is 12.4. The number of epoxide rings is 1. The molecule has 2 amide bonds. The Morgan fingerprint density at radius 1 is 1.16 bits per heavy atom. The highest BCUT2D eigenvalue weighted by molar-refractivity contribution is 6.69. The number of nitrogens with one attached hydrogen (secondary N) is 2. The van der Waals surface area contributed by atoms with Gasteiger partial charge in [-0.3, -0.25) is 14.4 Å². The molecule has 4 N–H and O–H groups in total. The third-order valence-electron chi connectivity index (χ3n) is 8.62. The van der Waals surface area contributed by atoms with Crippen molar-refractivity contribution < 1.29 is 43.2 Å². The van der Waals surface area contributed by atoms with Crippen LogP contribution >= 0.6 is 0 Å². The second kappa shape index (κ2) is 16.5. The predicted octanol–water partition coefficient (Wildman–Crippen LogP) is 3.07. The molecule has 3 saturated heterocycles. The van der Waals surface area contributed by atoms with Crippen LogP contribution in [0.25, 0.3) is 0 Å². The summed E-state index contributed by atoms with van der Waals surface area (Å²) in [5, 5.41) is 16.9. The van der Waals surface area contributed by atoms with E-state index >= 15 is 0 Å². The minimum Gasteiger partial charge on any atom is -0.459 e. The van der Waals surface area contributed by atoms with E-state index in [0.717, 1.165) is 24.5 Å². The molecule has 254 valence electrons. The van der Waals surface area contributed by atoms with Gasteiger partial charge in [0, 0.05) is 26.0 Å². The van der Waals surface area contributed by atoms with Crippen molar-refractivity contribution in [2.45, 2.75) is 134 Å². The first-order chi connectivity index (χ1) is 21.1. The number of amides is 2. The first kappa shape index (κ1) is 37.1. The van der Waals surface area contributed by atoms with Crippen molar-refractivity contribution in [2.75, 3.05) is 13.2 Å². The highest BCUT2D eigenvalue weighted by atomic mass is 28.4. The molecule has 0 saturated carbocycles. The van der Waals surface area contributed by atoms with Crippen LogP contribution in [-0.2, 0) is 33.3 Å². The molecule has 3 aliphatic heterocycles. The molecule has 45 heavy (non-hydrogen) atoms. The highest BCUT2D eigenvalue weighted by Crippen LogP contribution is 2.43. The Bertz CT molecular complexity index is 1110. The van der Waals surface area contributed by atoms with E-state index in [1.54, 1.807) is 13.0 Å². The van der Waals surface area contributed by atoms with Gasteiger partial charge in [-0.1, -0.05) is 30.7 Å². The van der Waals surface area contributed by atoms with Gasteiger partial charge in [-0.05, 0) is 71.2 Å². The van der Waals surface area contributed by atoms with E-state index in [4.69, 9.17) is 18.9 Å². The molecule has 0 aromatic heterocycles. The number of carbonyl (C=O) groups excluding carboxylic acids is 3. The number of allylic oxidation sites excluding steroid dienone is 2. The number of hydrogen-bond donors (Lipinski definition) is 4. The number of aliphatic hydroxyl groups is 1. The number of carbonyl (C=O) groups is 3. The van der Waals surface area contributed by atoms with Crippen LogP contribution in [0.4, 0.5) is 0 Å². The predicted molar refractivity (Wildman–Crippen MR) is 173 cm³/mol. The molecule has 0 aliphatic carbocycles. The maximum Gasteiger partial charge on any atom is 0.303 e. The Labute approximate surface area is 268 Å². The molecule has 0 aromatic carbocycles. The van der Waals surface area contributed by atoms with Gasteiger partial charge in [-0.15, -0.1) is 0 Å². The summed E-state index contributed by atoms with van der Waals surface area (Å²) < 4.78 is 23.1. The quantitative estimate of drug-likeness (QED) is 0.0554. The minimum absolute atomic E-state index is 0.00984. The SMILES string of the molecule is CC(=O)O[C@@H](C)/C=C\C(=O)N[C@@H]1C[C@H](C)[C@H](C/C=C(C)/C=C/[C@H]2O[C@H](CC(=O)NCCC[Si](C)(C)O)C[C@@]3(CO3)[C@@H]2O)O[C@@H]1C. The zero-order valence-electron chi connectivity index (χ0n) is 27.9. The number of esters is 1. The molecular weight excluding hydrogens is 596 g/mol. The van der Waals surface area contributed by atoms with Crippen molar-refractivity contribution in [3.63, 3.8) is 0 Å². The van der Waals surface area contributed by atoms with Crippen LogP contribution in [0.2, 0.25) is 19.1 Å². The van der Waals surface area contributed by atoms with Gasteiger partial charge in [0.15, 0.2) is 8.32 Å². The summed E-state index contributed by atoms with van der Waals surface area (Å²) in [5.74, 6) is -0.544. The van der Waals surface area contributed by atoms with E-state index in [1.165, 1.54) is 13.0 Å². The molecule has 9 atom stereocenters. The van der Waals surface area contributed by atoms with Crippen molar-refractivity contribution in [3.8, 4) is 0 Å². The second-order valence-corrected chi connectivity index (χ2v) is 17.7. The minimum atomic E-state index is -2.12. The maximum atomic E-state index is 12.5. The lowest BCUT2D eigenvalue weighted by Gasteiger charge is -2.39. The van der Waals surface area contributed by atoms with E-state index in [1.807, 2.05) is 39.1 Å². The van der Waals surface area contributed by atoms with Crippen molar-refractivity contribution in [1.82, 2.24) is 10.6 Å². The van der Waals surface area contributed by atoms with Gasteiger partial charge in [0.25, 0.3) is 0 Å². The Hall–Kier alpha value is -2.35. The first-order valence-electron chi connectivity index (χ1n) is 16.2. The topological polar surface area (TPSA) is 156 Å². The van der Waals surface area contributed by atoms with Gasteiger partial charge in [-0.25, -0.2) is 0 Å². The van der Waals surface area contributed by atoms with E-state index in [2.05, 4.69) is 23.6 Å². The molecule has 3 fully saturated rings. The average molecular weight is 651 g/mol. The molecule has 0 bridgehead atoms. The molecule has 0 aromatic rings. The van der Waals surface area contributed by atoms with Crippen LogP contribution in [0.1, 0.15) is 66.7 Å². The molecule has 3 aliphatic rings. The summed E-state index contributed by atoms with van der Waals surface area (Å²) >= 11 is 0. The molecular formula is C33H54N2O9Si. The molecule has 3 rings (SSSR count). The third-order valence-corrected chi connectivity index (χ3v) is 10.2. The van der Waals surface area contributed by atoms with Crippen LogP contribution in [0.3, 0.4) is 0 Å². The summed E-state index contributed by atoms with van der Waals surface area (Å²) in [6, 6.07) is 0.603. The second-order valence-electron chi connectivity index (χ2n) is 13.6. The molecule has 12 heteroatoms. The van der Waals surface area contributed by atoms with Gasteiger partial charge in [0.1, 0.15) is 23.9 Å². The summed E-state index contributed by atoms with van der Waals surface area (Å²) in [4.78, 5) is 46.0. The zero-order chi connectivity index (χ0) is 33.4. The van der Waals surface area contributed by atoms with E-state index in [0.29, 0.717) is 26.0 Å². The summed E-state index contributed by atoms with van der Waals surface area (Å²) in [5.41, 5.74) is 0.337. The van der Waals surface area contributed by atoms with Crippen molar-refractivity contribution >= 4 is 26.1 Å². The monoisotopic (exact) mass is 650 g/mol. The van der Waals surface area contributed by atoms with E-state index < -0.39 is 38.2 Å². The maximum absolute atomic E-state index is 12.5. The fraction of sp³-hybridized carbons (Fsp3) is 0.727. The smallest absolute Gasteiger partial charge is 0.303 e. The Kier molecular flexibility index (Phi) is 13.6. The van der Waals surface area contributed by atoms with Crippen LogP contribution < -0.4 is 10.6 Å². The van der Waals surface area contributed by atoms with Crippen molar-refractivity contribution in [3.05, 3.63) is 36.0 Å². The van der Waals surface area contributed by atoms with Gasteiger partial charge >= 0.3 is 5.97 Å². The lowest BCUT2D eigenvalue weighted by atomic mass is 9.87. The fourth-order valence-corrected chi connectivity index (χ4v) is 6.96. The van der Waals surface area contributed by atoms with Crippen LogP contribution in [0.15, 0.2) is 36.0 Å². The van der Waals surface area contributed by atoms with Crippen molar-refractivity contribution in [2.24, 2.45) is 5.92 Å². The first-order valence-corrected chi connectivity index (χ1v) is 19.3. The largest absolute Gasteiger partial charge is 0.459 e. The van der Waals surface area contributed by atoms with Gasteiger partial charge in [0.05, 0.1) is 37.4 Å². The average Bonchev–Trinajstić information content (AvgIpc) is 3.71. The van der Waals surface area contributed by atoms with Crippen LogP contribution in [0, 0.1) is 5.92 Å². The normalized spacial score (nSPS) is 32.9. The fourth-order valence-electron chi connectivity index (χ4n) is 5.91. The van der Waals surface area contributed by atoms with Crippen LogP contribution in [-0.4, -0.2) is 97.4 Å². The zero-order valence-corrected chi connectivity index (χ0v) is 28.9. The van der Waals surface area contributed by atoms with E-state index in [9.17, 15) is 24.3 Å². The summed E-state index contributed by atoms with van der Waals surface area (Å²) in [6.45, 7) is 13.8. The number of rotatable bonds is 14. The Morgan fingerprint density at radius 2 is 1.87 bits per heavy atom. The molecule has 3 heterocycles. The molecule has 0 unspecified atom stereocenters. The Morgan fingerprint density at radius 3 is 2.51 bits per heavy atom.